The summed E-state index contributed by atoms with van der Waals surface area (Å²) in [5.41, 5.74) is 1.44. The third-order valence-electron chi connectivity index (χ3n) is 2.16. The Balaban J connectivity index is 2.14. The highest BCUT2D eigenvalue weighted by atomic mass is 16.5. The summed E-state index contributed by atoms with van der Waals surface area (Å²) >= 11 is 0. The average Bonchev–Trinajstić information content (AvgIpc) is 2.05. The topological polar surface area (TPSA) is 23.2 Å². The van der Waals surface area contributed by atoms with Crippen molar-refractivity contribution in [3.63, 3.8) is 0 Å². The lowest BCUT2D eigenvalue weighted by Crippen LogP contribution is -2.65. The minimum atomic E-state index is 0.398. The lowest BCUT2D eigenvalue weighted by Gasteiger charge is -2.22. The molecule has 2 nitrogen and oxygen atoms in total. The molecule has 1 aliphatic heterocycles. The molecule has 0 spiro atoms. The van der Waals surface area contributed by atoms with E-state index in [1.165, 1.54) is 31.3 Å². The van der Waals surface area contributed by atoms with Gasteiger partial charge in [0, 0.05) is 5.57 Å². The fourth-order valence-electron chi connectivity index (χ4n) is 1.59. The second-order valence-corrected chi connectivity index (χ2v) is 2.87. The van der Waals surface area contributed by atoms with Gasteiger partial charge in [0.05, 0.1) is 0 Å². The fourth-order valence-corrected chi connectivity index (χ4v) is 1.59. The molecular formula is C8H12NO+. The summed E-state index contributed by atoms with van der Waals surface area (Å²) in [6.07, 6.45) is 9.21. The first kappa shape index (κ1) is 5.96. The number of hydrogen-bond donors (Lipinski definition) is 1. The van der Waals surface area contributed by atoms with Crippen molar-refractivity contribution in [2.24, 2.45) is 0 Å². The van der Waals surface area contributed by atoms with Gasteiger partial charge in [0.1, 0.15) is 6.10 Å². The summed E-state index contributed by atoms with van der Waals surface area (Å²) in [7, 11) is 0. The van der Waals surface area contributed by atoms with Crippen molar-refractivity contribution >= 4 is 6.40 Å². The summed E-state index contributed by atoms with van der Waals surface area (Å²) in [4.78, 5) is 2.97. The Labute approximate surface area is 60.6 Å². The van der Waals surface area contributed by atoms with Crippen molar-refractivity contribution in [1.82, 2.24) is 0 Å². The normalized spacial score (nSPS) is 30.4. The molecule has 0 bridgehead atoms. The van der Waals surface area contributed by atoms with E-state index < -0.39 is 0 Å². The molecule has 0 aromatic carbocycles. The van der Waals surface area contributed by atoms with E-state index in [0.717, 1.165) is 0 Å². The van der Waals surface area contributed by atoms with Crippen molar-refractivity contribution in [2.75, 3.05) is 0 Å². The molecule has 0 aromatic heterocycles. The van der Waals surface area contributed by atoms with Crippen molar-refractivity contribution in [3.05, 3.63) is 11.8 Å². The van der Waals surface area contributed by atoms with Crippen LogP contribution in [-0.2, 0) is 4.74 Å². The van der Waals surface area contributed by atoms with Crippen LogP contribution in [0, 0.1) is 0 Å². The standard InChI is InChI=1S/C8H11NO/c1-2-4-8-7(3-1)5-9-6-10-8/h5-6,8H,1-4H2/p+1. The Kier molecular flexibility index (Phi) is 1.46. The second kappa shape index (κ2) is 2.45. The molecule has 1 aliphatic carbocycles. The van der Waals surface area contributed by atoms with Crippen LogP contribution < -0.4 is 4.99 Å². The molecule has 1 saturated carbocycles. The van der Waals surface area contributed by atoms with Gasteiger partial charge in [-0.2, -0.15) is 4.99 Å². The minimum Gasteiger partial charge on any atom is -0.442 e. The molecule has 0 aromatic rings. The van der Waals surface area contributed by atoms with E-state index in [9.17, 15) is 0 Å². The molecule has 0 amide bonds. The van der Waals surface area contributed by atoms with Gasteiger partial charge in [-0.05, 0) is 25.7 Å². The minimum absolute atomic E-state index is 0.398. The summed E-state index contributed by atoms with van der Waals surface area (Å²) in [6, 6.07) is 0. The molecular weight excluding hydrogens is 126 g/mol. The first-order valence-corrected chi connectivity index (χ1v) is 3.89. The van der Waals surface area contributed by atoms with Gasteiger partial charge in [0.15, 0.2) is 6.20 Å². The smallest absolute Gasteiger partial charge is 0.328 e. The van der Waals surface area contributed by atoms with E-state index in [4.69, 9.17) is 4.74 Å². The summed E-state index contributed by atoms with van der Waals surface area (Å²) in [5, 5.41) is 0. The maximum absolute atomic E-state index is 5.38. The van der Waals surface area contributed by atoms with E-state index in [2.05, 4.69) is 11.2 Å². The maximum atomic E-state index is 5.38. The zero-order valence-electron chi connectivity index (χ0n) is 5.97. The molecule has 54 valence electrons. The van der Waals surface area contributed by atoms with E-state index in [-0.39, 0.29) is 0 Å². The van der Waals surface area contributed by atoms with Gasteiger partial charge in [0.2, 0.25) is 0 Å². The van der Waals surface area contributed by atoms with Crippen molar-refractivity contribution in [1.29, 1.82) is 0 Å². The second-order valence-electron chi connectivity index (χ2n) is 2.87. The lowest BCUT2D eigenvalue weighted by atomic mass is 9.92. The van der Waals surface area contributed by atoms with Crippen molar-refractivity contribution in [3.8, 4) is 0 Å². The first-order valence-electron chi connectivity index (χ1n) is 3.89. The summed E-state index contributed by atoms with van der Waals surface area (Å²) < 4.78 is 5.38. The van der Waals surface area contributed by atoms with Crippen LogP contribution in [0.1, 0.15) is 25.7 Å². The molecule has 10 heavy (non-hydrogen) atoms. The van der Waals surface area contributed by atoms with Gasteiger partial charge >= 0.3 is 6.40 Å². The van der Waals surface area contributed by atoms with E-state index in [1.54, 1.807) is 6.40 Å². The Morgan fingerprint density at radius 2 is 2.50 bits per heavy atom. The molecule has 1 fully saturated rings. The highest BCUT2D eigenvalue weighted by Gasteiger charge is 2.23. The van der Waals surface area contributed by atoms with Gasteiger partial charge in [-0.3, -0.25) is 0 Å². The molecule has 2 heteroatoms. The maximum Gasteiger partial charge on any atom is 0.328 e. The van der Waals surface area contributed by atoms with Crippen LogP contribution in [0.2, 0.25) is 0 Å². The van der Waals surface area contributed by atoms with Crippen LogP contribution in [0.25, 0.3) is 0 Å². The van der Waals surface area contributed by atoms with E-state index >= 15 is 0 Å². The summed E-state index contributed by atoms with van der Waals surface area (Å²) in [6.45, 7) is 0. The van der Waals surface area contributed by atoms with E-state index in [0.29, 0.717) is 6.10 Å². The molecule has 0 radical (unpaired) electrons. The fraction of sp³-hybridized carbons (Fsp3) is 0.625. The SMILES string of the molecule is C1=[NH+]C=C2CCCCC2O1. The number of ether oxygens (including phenoxy) is 1. The monoisotopic (exact) mass is 138 g/mol. The molecule has 0 saturated heterocycles. The lowest BCUT2D eigenvalue weighted by molar-refractivity contribution is -0.387. The Morgan fingerprint density at radius 1 is 1.50 bits per heavy atom. The molecule has 1 atom stereocenters. The highest BCUT2D eigenvalue weighted by Crippen LogP contribution is 2.24. The third-order valence-corrected chi connectivity index (χ3v) is 2.16. The zero-order chi connectivity index (χ0) is 6.81. The zero-order valence-corrected chi connectivity index (χ0v) is 5.97. The van der Waals surface area contributed by atoms with Crippen LogP contribution in [0.15, 0.2) is 11.8 Å². The van der Waals surface area contributed by atoms with Crippen LogP contribution in [0.4, 0.5) is 0 Å². The molecule has 1 unspecified atom stereocenters. The number of rotatable bonds is 0. The van der Waals surface area contributed by atoms with Crippen molar-refractivity contribution in [2.45, 2.75) is 31.8 Å². The van der Waals surface area contributed by atoms with E-state index in [1.807, 2.05) is 0 Å². The van der Waals surface area contributed by atoms with Crippen LogP contribution in [-0.4, -0.2) is 12.5 Å². The third kappa shape index (κ3) is 0.939. The molecule has 2 aliphatic rings. The number of hydrogen-bond acceptors (Lipinski definition) is 1. The van der Waals surface area contributed by atoms with Crippen molar-refractivity contribution < 1.29 is 9.73 Å². The quantitative estimate of drug-likeness (QED) is 0.498. The molecule has 1 heterocycles. The van der Waals surface area contributed by atoms with Crippen LogP contribution >= 0.6 is 0 Å². The Hall–Kier alpha value is -0.790. The number of fused-ring (bicyclic) bond motifs is 1. The van der Waals surface area contributed by atoms with Crippen LogP contribution in [0.5, 0.6) is 0 Å². The van der Waals surface area contributed by atoms with Gasteiger partial charge < -0.3 is 4.74 Å². The van der Waals surface area contributed by atoms with Crippen LogP contribution in [0.3, 0.4) is 0 Å². The Morgan fingerprint density at radius 3 is 3.40 bits per heavy atom. The first-order chi connectivity index (χ1) is 4.97. The average molecular weight is 138 g/mol. The molecule has 1 N–H and O–H groups in total. The van der Waals surface area contributed by atoms with Gasteiger partial charge in [-0.15, -0.1) is 0 Å². The predicted molar refractivity (Wildman–Crippen MR) is 38.5 cm³/mol. The van der Waals surface area contributed by atoms with Gasteiger partial charge in [-0.1, -0.05) is 0 Å². The summed E-state index contributed by atoms with van der Waals surface area (Å²) in [5.74, 6) is 0. The molecule has 2 rings (SSSR count). The predicted octanol–water partition coefficient (Wildman–Crippen LogP) is -0.0480. The Bertz CT molecular complexity index is 184. The van der Waals surface area contributed by atoms with Gasteiger partial charge in [-0.25, -0.2) is 0 Å². The number of nitrogens with one attached hydrogen (secondary N) is 1. The van der Waals surface area contributed by atoms with Gasteiger partial charge in [0.25, 0.3) is 0 Å². The highest BCUT2D eigenvalue weighted by molar-refractivity contribution is 5.41. The largest absolute Gasteiger partial charge is 0.442 e.